The fourth-order valence-corrected chi connectivity index (χ4v) is 22.1. The van der Waals surface area contributed by atoms with Gasteiger partial charge in [-0.25, -0.2) is 4.79 Å². The Balaban J connectivity index is 0.000000292. The van der Waals surface area contributed by atoms with E-state index < -0.39 is 151 Å². The molecule has 35 heteroatoms. The molecule has 5 saturated heterocycles. The third-order valence-corrected chi connectivity index (χ3v) is 31.0. The number of amides is 14. The number of nitrogens with one attached hydrogen (secondary N) is 9. The zero-order chi connectivity index (χ0) is 108. The van der Waals surface area contributed by atoms with E-state index in [2.05, 4.69) is 68.6 Å². The van der Waals surface area contributed by atoms with Crippen LogP contribution < -0.4 is 47.9 Å². The molecule has 11 N–H and O–H groups in total. The largest absolute Gasteiger partial charge is 0.481 e. The van der Waals surface area contributed by atoms with Crippen LogP contribution in [-0.2, 0) is 104 Å². The zero-order valence-corrected chi connectivity index (χ0v) is 90.5. The fourth-order valence-electron chi connectivity index (χ4n) is 22.1. The van der Waals surface area contributed by atoms with E-state index in [-0.39, 0.29) is 123 Å². The Bertz CT molecular complexity index is 4560. The van der Waals surface area contributed by atoms with Crippen molar-refractivity contribution in [3.63, 3.8) is 0 Å². The van der Waals surface area contributed by atoms with Crippen molar-refractivity contribution in [3.05, 3.63) is 71.8 Å². The minimum atomic E-state index is -1.48. The van der Waals surface area contributed by atoms with E-state index in [0.717, 1.165) is 56.1 Å². The van der Waals surface area contributed by atoms with Crippen LogP contribution in [0.3, 0.4) is 0 Å². The minimum absolute atomic E-state index is 0.0536. The molecule has 5 aliphatic heterocycles. The van der Waals surface area contributed by atoms with Crippen molar-refractivity contribution in [3.8, 4) is 0 Å². The normalized spacial score (nSPS) is 21.4. The molecule has 8 aliphatic rings. The second kappa shape index (κ2) is 62.8. The third kappa shape index (κ3) is 38.4. The highest BCUT2D eigenvalue weighted by Gasteiger charge is 2.47. The molecular formula is C112H178N14O21. The van der Waals surface area contributed by atoms with Crippen LogP contribution in [0.5, 0.6) is 0 Å². The first kappa shape index (κ1) is 122. The van der Waals surface area contributed by atoms with Gasteiger partial charge in [-0.3, -0.25) is 76.7 Å². The molecule has 16 atom stereocenters. The maximum atomic E-state index is 14.8. The van der Waals surface area contributed by atoms with Gasteiger partial charge in [-0.05, 0) is 186 Å². The molecule has 3 saturated carbocycles. The van der Waals surface area contributed by atoms with Gasteiger partial charge in [0.05, 0.1) is 25.6 Å². The second-order valence-corrected chi connectivity index (χ2v) is 44.0. The number of ether oxygens (including phenoxy) is 2. The predicted octanol–water partition coefficient (Wildman–Crippen LogP) is 12.1. The summed E-state index contributed by atoms with van der Waals surface area (Å²) in [5.41, 5.74) is 1.64. The molecule has 0 bridgehead atoms. The summed E-state index contributed by atoms with van der Waals surface area (Å²) < 4.78 is 11.7. The smallest absolute Gasteiger partial charge is 0.326 e. The number of hydrogen-bond acceptors (Lipinski definition) is 19. The number of rotatable bonds is 46. The summed E-state index contributed by atoms with van der Waals surface area (Å²) in [5, 5.41) is 45.0. The first-order valence-electron chi connectivity index (χ1n) is 55.7. The first-order valence-corrected chi connectivity index (χ1v) is 55.7. The highest BCUT2D eigenvalue weighted by atomic mass is 16.5. The molecule has 0 spiro atoms. The van der Waals surface area contributed by atoms with E-state index >= 15 is 0 Å². The van der Waals surface area contributed by atoms with Crippen molar-refractivity contribution in [1.29, 1.82) is 0 Å². The lowest BCUT2D eigenvalue weighted by Crippen LogP contribution is -2.63. The number of benzene rings is 2. The molecule has 147 heavy (non-hydrogen) atoms. The molecule has 3 aliphatic carbocycles. The Labute approximate surface area is 872 Å². The highest BCUT2D eigenvalue weighted by Crippen LogP contribution is 2.36. The number of carboxylic acids is 2. The van der Waals surface area contributed by atoms with Crippen molar-refractivity contribution in [2.45, 2.75) is 426 Å². The molecule has 8 fully saturated rings. The Kier molecular flexibility index (Phi) is 51.9. The summed E-state index contributed by atoms with van der Waals surface area (Å²) in [7, 11) is 0. The number of likely N-dealkylation sites (tertiary alicyclic amines) is 5. The van der Waals surface area contributed by atoms with Crippen molar-refractivity contribution in [1.82, 2.24) is 72.4 Å². The summed E-state index contributed by atoms with van der Waals surface area (Å²) in [5.74, 6) is -7.48. The Morgan fingerprint density at radius 3 is 0.918 bits per heavy atom. The van der Waals surface area contributed by atoms with Crippen LogP contribution in [0, 0.1) is 59.2 Å². The van der Waals surface area contributed by atoms with Gasteiger partial charge in [0, 0.05) is 65.1 Å². The predicted molar refractivity (Wildman–Crippen MR) is 559 cm³/mol. The van der Waals surface area contributed by atoms with E-state index in [1.165, 1.54) is 95.1 Å². The van der Waals surface area contributed by atoms with Crippen LogP contribution in [-0.4, -0.2) is 260 Å². The van der Waals surface area contributed by atoms with Crippen molar-refractivity contribution in [2.75, 3.05) is 45.8 Å². The van der Waals surface area contributed by atoms with Gasteiger partial charge < -0.3 is 92.0 Å². The number of carbonyl (C=O) groups excluding carboxylic acids is 15. The molecule has 0 radical (unpaired) electrons. The highest BCUT2D eigenvalue weighted by molar-refractivity contribution is 6.00. The maximum Gasteiger partial charge on any atom is 0.326 e. The van der Waals surface area contributed by atoms with Gasteiger partial charge in [0.2, 0.25) is 82.7 Å². The molecule has 1 unspecified atom stereocenters. The average molecular weight is 2060 g/mol. The van der Waals surface area contributed by atoms with Gasteiger partial charge in [0.15, 0.2) is 0 Å². The van der Waals surface area contributed by atoms with Crippen LogP contribution in [0.15, 0.2) is 60.7 Å². The first-order chi connectivity index (χ1) is 70.2. The molecule has 10 rings (SSSR count). The number of piperidine rings is 5. The van der Waals surface area contributed by atoms with Crippen LogP contribution in [0.2, 0.25) is 0 Å². The SMILES string of the molecule is CC(C)[C@H](NC(=O)C[C@H](C)C1CCCCC1)C(=O)N1CCCC[C@H]1C(=O)O.CCCNC(=O)[C@@H](NC(=O)[C@@H]1CCCCN1C(=O)[C@H](CC(=O)O)NC(=O)[C@@H]1CCCCN1C(=O)[C@@H](NC(=O)C[C@H](C)C1CCCCC1)C(C)C)C(C)C.CCCNC(=O)[C@@H](NC(=O)[C@@H]1CCCCN1C(=O)[C@H](CC(=O)OCc1ccccc1)NC(=O)[C@@H]1CCCCN1C(=O)[C@@H](NC(=O)C[C@H](C)C1CCCCC1)C(C)C)C(C)OCc1ccccc1. The van der Waals surface area contributed by atoms with Crippen LogP contribution in [0.25, 0.3) is 0 Å². The second-order valence-electron chi connectivity index (χ2n) is 44.0. The topological polar surface area (TPSA) is 474 Å². The zero-order valence-electron chi connectivity index (χ0n) is 90.5. The summed E-state index contributed by atoms with van der Waals surface area (Å²) in [6, 6.07) is 6.67. The molecule has 5 heterocycles. The number of hydrogen-bond donors (Lipinski definition) is 11. The van der Waals surface area contributed by atoms with Gasteiger partial charge in [-0.15, -0.1) is 0 Å². The molecular weight excluding hydrogens is 1880 g/mol. The van der Waals surface area contributed by atoms with E-state index in [4.69, 9.17) is 9.47 Å². The van der Waals surface area contributed by atoms with Crippen molar-refractivity contribution in [2.24, 2.45) is 59.2 Å². The Hall–Kier alpha value is -10.6. The lowest BCUT2D eigenvalue weighted by atomic mass is 9.79. The van der Waals surface area contributed by atoms with Gasteiger partial charge in [0.1, 0.15) is 79.1 Å². The number of carbonyl (C=O) groups is 17. The molecule has 14 amide bonds. The third-order valence-electron chi connectivity index (χ3n) is 31.0. The van der Waals surface area contributed by atoms with Gasteiger partial charge in [-0.1, -0.05) is 247 Å². The van der Waals surface area contributed by atoms with Crippen LogP contribution >= 0.6 is 0 Å². The van der Waals surface area contributed by atoms with E-state index in [1.807, 2.05) is 118 Å². The van der Waals surface area contributed by atoms with Gasteiger partial charge in [-0.2, -0.15) is 0 Å². The van der Waals surface area contributed by atoms with Crippen molar-refractivity contribution >= 4 is 101 Å². The lowest BCUT2D eigenvalue weighted by Gasteiger charge is -2.40. The lowest BCUT2D eigenvalue weighted by molar-refractivity contribution is -0.154. The fraction of sp³-hybridized carbons (Fsp3) is 0.741. The van der Waals surface area contributed by atoms with Crippen molar-refractivity contribution < 1.29 is 101 Å². The Morgan fingerprint density at radius 1 is 0.313 bits per heavy atom. The molecule has 35 nitrogen and oxygen atoms in total. The quantitative estimate of drug-likeness (QED) is 0.0274. The number of nitrogens with zero attached hydrogens (tertiary/aromatic N) is 5. The van der Waals surface area contributed by atoms with Gasteiger partial charge in [0.25, 0.3) is 0 Å². The van der Waals surface area contributed by atoms with E-state index in [1.54, 1.807) is 19.1 Å². The average Bonchev–Trinajstić information content (AvgIpc) is 0.776. The number of esters is 1. The minimum Gasteiger partial charge on any atom is -0.481 e. The summed E-state index contributed by atoms with van der Waals surface area (Å²) in [4.78, 5) is 237. The molecule has 822 valence electrons. The molecule has 0 aromatic heterocycles. The summed E-state index contributed by atoms with van der Waals surface area (Å²) in [6.45, 7) is 29.1. The van der Waals surface area contributed by atoms with Crippen LogP contribution in [0.4, 0.5) is 0 Å². The number of aliphatic carboxylic acids is 2. The molecule has 2 aromatic carbocycles. The van der Waals surface area contributed by atoms with Crippen LogP contribution in [0.1, 0.15) is 346 Å². The van der Waals surface area contributed by atoms with E-state index in [0.29, 0.717) is 146 Å². The summed E-state index contributed by atoms with van der Waals surface area (Å²) >= 11 is 0. The summed E-state index contributed by atoms with van der Waals surface area (Å²) in [6.07, 6.45) is 26.6. The van der Waals surface area contributed by atoms with E-state index in [9.17, 15) is 91.7 Å². The number of carboxylic acid groups (broad SMARTS) is 2. The molecule has 2 aromatic rings. The standard InChI is InChI=1S/C52H76N6O9.C39H66N6O8.C21H36N2O4/c1-6-28-53-50(63)47(37(5)66-33-38-20-10-7-11-21-38)56-49(62)43-27-16-18-29-57(43)51(64)41(32-45(60)67-34-39-22-12-8-13-23-39)54-48(61)42-26-17-19-30-58(42)52(65)46(35(2)3)55-44(59)31-36(4)40-24-14-9-15-25-40;1-7-19-40-37(51)33(24(2)3)43-36(50)30-18-11-13-20-44(30)38(52)28(23-32(47)48)41-35(49)29-17-12-14-21-45(29)39(53)34(25(4)5)42-31(46)22-26(6)27-15-9-8-10-16-27;1-14(2)19(20(25)23-12-8-7-11-17(23)21(26)27)22-18(24)13-15(3)16-9-5-4-6-10-16/h7-8,10-13,20-23,35-37,40-43,46-47H,6,9,14-19,24-34H2,1-5H3,(H,53,63)(H,54,61)(H,55,59)(H,56,62);24-30,33-34H,7-23H2,1-6H3,(H,40,51)(H,41,49)(H,42,46)(H,43,50)(H,47,48);14-17,19H,4-13H2,1-3H3,(H,22,24)(H,26,27)/t36-,37?,41-,42-,43-,46-,47-;26-,28-,29-,30-,33-,34-;15-,17-,19-/m000/s1. The Morgan fingerprint density at radius 2 is 0.599 bits per heavy atom. The monoisotopic (exact) mass is 2060 g/mol. The van der Waals surface area contributed by atoms with Gasteiger partial charge >= 0.3 is 17.9 Å². The maximum absolute atomic E-state index is 14.8.